The van der Waals surface area contributed by atoms with Gasteiger partial charge in [-0.05, 0) is 18.2 Å². The van der Waals surface area contributed by atoms with Crippen LogP contribution >= 0.6 is 0 Å². The maximum absolute atomic E-state index is 14.5. The van der Waals surface area contributed by atoms with E-state index in [0.717, 1.165) is 36.4 Å². The number of esters is 1. The molecule has 0 unspecified atom stereocenters. The Labute approximate surface area is 204 Å². The fourth-order valence-electron chi connectivity index (χ4n) is 4.58. The van der Waals surface area contributed by atoms with Crippen LogP contribution in [0.5, 0.6) is 34.8 Å². The van der Waals surface area contributed by atoms with Gasteiger partial charge in [0.05, 0.1) is 22.3 Å². The van der Waals surface area contributed by atoms with Crippen molar-refractivity contribution in [2.24, 2.45) is 0 Å². The minimum absolute atomic E-state index is 0.0196. The van der Waals surface area contributed by atoms with Crippen LogP contribution in [-0.4, -0.2) is 37.1 Å². The average Bonchev–Trinajstić information content (AvgIpc) is 3.34. The number of nitrogens with zero attached hydrogens (tertiary/aromatic N) is 1. The molecule has 6 rings (SSSR count). The molecule has 3 heterocycles. The molecule has 0 amide bonds. The van der Waals surface area contributed by atoms with Crippen molar-refractivity contribution >= 4 is 11.9 Å². The highest BCUT2D eigenvalue weighted by molar-refractivity contribution is 6.07. The van der Waals surface area contributed by atoms with E-state index in [2.05, 4.69) is 0 Å². The Morgan fingerprint density at radius 2 is 1.41 bits per heavy atom. The molecule has 1 spiro atoms. The highest BCUT2D eigenvalue weighted by Crippen LogP contribution is 2.58. The van der Waals surface area contributed by atoms with Gasteiger partial charge in [-0.25, -0.2) is 18.4 Å². The van der Waals surface area contributed by atoms with Gasteiger partial charge < -0.3 is 34.7 Å². The second kappa shape index (κ2) is 7.37. The van der Waals surface area contributed by atoms with Gasteiger partial charge in [0.2, 0.25) is 11.8 Å². The fourth-order valence-corrected chi connectivity index (χ4v) is 4.58. The number of phenolic OH excluding ortho intramolecular Hbond substituents is 2. The van der Waals surface area contributed by atoms with Crippen LogP contribution in [0.4, 0.5) is 8.78 Å². The number of carbonyl (C=O) groups is 2. The summed E-state index contributed by atoms with van der Waals surface area (Å²) in [6.45, 7) is 0. The van der Waals surface area contributed by atoms with Crippen LogP contribution in [0.3, 0.4) is 0 Å². The molecule has 0 saturated carbocycles. The number of benzene rings is 3. The zero-order valence-electron chi connectivity index (χ0n) is 18.2. The molecule has 2 aliphatic rings. The number of fused-ring (bicyclic) bond motifs is 6. The van der Waals surface area contributed by atoms with E-state index >= 15 is 0 Å². The molecule has 186 valence electrons. The van der Waals surface area contributed by atoms with Crippen LogP contribution < -0.4 is 9.57 Å². The molecular weight excluding hydrogens is 496 g/mol. The molecular formula is C25H13F2NO9. The van der Waals surface area contributed by atoms with Crippen molar-refractivity contribution in [2.45, 2.75) is 5.60 Å². The van der Waals surface area contributed by atoms with Crippen molar-refractivity contribution in [1.29, 1.82) is 0 Å². The zero-order valence-corrected chi connectivity index (χ0v) is 18.2. The summed E-state index contributed by atoms with van der Waals surface area (Å²) in [5, 5.41) is 39.4. The molecule has 4 aromatic rings. The SMILES string of the molecule is O=C(On1c(O)ccc1O)c1cccc2c1C(=O)OC21c2cc(F)c(O)cc2Oc2cc(O)c(F)cc21. The number of rotatable bonds is 2. The average molecular weight is 509 g/mol. The number of ether oxygens (including phenoxy) is 2. The quantitative estimate of drug-likeness (QED) is 0.298. The van der Waals surface area contributed by atoms with Gasteiger partial charge in [-0.3, -0.25) is 0 Å². The van der Waals surface area contributed by atoms with E-state index in [4.69, 9.17) is 14.3 Å². The van der Waals surface area contributed by atoms with E-state index in [1.54, 1.807) is 0 Å². The first-order valence-electron chi connectivity index (χ1n) is 10.5. The molecule has 12 heteroatoms. The van der Waals surface area contributed by atoms with Gasteiger partial charge in [0, 0.05) is 29.8 Å². The monoisotopic (exact) mass is 509 g/mol. The van der Waals surface area contributed by atoms with E-state index in [1.807, 2.05) is 0 Å². The third-order valence-electron chi connectivity index (χ3n) is 6.16. The molecule has 0 radical (unpaired) electrons. The van der Waals surface area contributed by atoms with E-state index < -0.39 is 52.4 Å². The van der Waals surface area contributed by atoms with Crippen molar-refractivity contribution < 1.29 is 53.1 Å². The van der Waals surface area contributed by atoms with Gasteiger partial charge in [-0.2, -0.15) is 0 Å². The first-order valence-corrected chi connectivity index (χ1v) is 10.5. The first kappa shape index (κ1) is 22.2. The van der Waals surface area contributed by atoms with Gasteiger partial charge in [-0.1, -0.05) is 12.1 Å². The van der Waals surface area contributed by atoms with Gasteiger partial charge in [-0.15, -0.1) is 4.73 Å². The van der Waals surface area contributed by atoms with Gasteiger partial charge in [0.25, 0.3) is 0 Å². The molecule has 0 atom stereocenters. The molecule has 2 aliphatic heterocycles. The van der Waals surface area contributed by atoms with Crippen molar-refractivity contribution in [3.05, 3.63) is 94.0 Å². The van der Waals surface area contributed by atoms with E-state index in [0.29, 0.717) is 4.73 Å². The molecule has 3 aromatic carbocycles. The van der Waals surface area contributed by atoms with Crippen LogP contribution in [0.25, 0.3) is 0 Å². The molecule has 0 bridgehead atoms. The van der Waals surface area contributed by atoms with Crippen LogP contribution in [-0.2, 0) is 10.3 Å². The number of carbonyl (C=O) groups excluding carboxylic acids is 2. The maximum Gasteiger partial charge on any atom is 0.364 e. The summed E-state index contributed by atoms with van der Waals surface area (Å²) >= 11 is 0. The minimum atomic E-state index is -2.05. The molecule has 37 heavy (non-hydrogen) atoms. The molecule has 0 fully saturated rings. The summed E-state index contributed by atoms with van der Waals surface area (Å²) in [6, 6.07) is 9.63. The second-order valence-corrected chi connectivity index (χ2v) is 8.22. The molecule has 1 aromatic heterocycles. The van der Waals surface area contributed by atoms with E-state index in [9.17, 15) is 38.8 Å². The largest absolute Gasteiger partial charge is 0.505 e. The Morgan fingerprint density at radius 1 is 0.838 bits per heavy atom. The second-order valence-electron chi connectivity index (χ2n) is 8.22. The number of hydrogen-bond acceptors (Lipinski definition) is 9. The van der Waals surface area contributed by atoms with Crippen LogP contribution in [0.2, 0.25) is 0 Å². The molecule has 0 aliphatic carbocycles. The lowest BCUT2D eigenvalue weighted by Gasteiger charge is -2.36. The molecule has 4 N–H and O–H groups in total. The predicted octanol–water partition coefficient (Wildman–Crippen LogP) is 3.43. The van der Waals surface area contributed by atoms with Crippen LogP contribution in [0, 0.1) is 11.6 Å². The number of phenols is 2. The lowest BCUT2D eigenvalue weighted by Crippen LogP contribution is -2.33. The summed E-state index contributed by atoms with van der Waals surface area (Å²) in [7, 11) is 0. The minimum Gasteiger partial charge on any atom is -0.505 e. The number of aromatic nitrogens is 1. The third-order valence-corrected chi connectivity index (χ3v) is 6.16. The standard InChI is InChI=1S/C25H13F2NO9/c26-14-6-12-18(8-16(14)29)35-19-9-17(30)15(27)7-13(19)25(12)11-3-1-2-10(22(11)24(34)36-25)23(33)37-28-20(31)4-5-21(28)32/h1-9,29-32H. The Bertz CT molecular complexity index is 1600. The lowest BCUT2D eigenvalue weighted by molar-refractivity contribution is 0.0216. The van der Waals surface area contributed by atoms with Crippen LogP contribution in [0.15, 0.2) is 54.6 Å². The van der Waals surface area contributed by atoms with E-state index in [1.165, 1.54) is 18.2 Å². The summed E-state index contributed by atoms with van der Waals surface area (Å²) in [5.41, 5.74) is -2.99. The smallest absolute Gasteiger partial charge is 0.364 e. The Kier molecular flexibility index (Phi) is 4.43. The highest BCUT2D eigenvalue weighted by atomic mass is 19.1. The molecule has 10 nitrogen and oxygen atoms in total. The lowest BCUT2D eigenvalue weighted by atomic mass is 9.77. The summed E-state index contributed by atoms with van der Waals surface area (Å²) in [6.07, 6.45) is 0. The van der Waals surface area contributed by atoms with Gasteiger partial charge >= 0.3 is 11.9 Å². The number of hydrogen-bond donors (Lipinski definition) is 4. The van der Waals surface area contributed by atoms with Crippen molar-refractivity contribution in [2.75, 3.05) is 0 Å². The predicted molar refractivity (Wildman–Crippen MR) is 117 cm³/mol. The topological polar surface area (TPSA) is 148 Å². The van der Waals surface area contributed by atoms with E-state index in [-0.39, 0.29) is 39.3 Å². The Balaban J connectivity index is 1.61. The van der Waals surface area contributed by atoms with Crippen molar-refractivity contribution in [1.82, 2.24) is 4.73 Å². The number of halogens is 2. The first-order chi connectivity index (χ1) is 17.6. The van der Waals surface area contributed by atoms with Crippen molar-refractivity contribution in [3.8, 4) is 34.8 Å². The normalized spacial score (nSPS) is 14.4. The number of aromatic hydroxyl groups is 4. The van der Waals surface area contributed by atoms with Gasteiger partial charge in [0.15, 0.2) is 28.7 Å². The maximum atomic E-state index is 14.5. The third kappa shape index (κ3) is 2.95. The van der Waals surface area contributed by atoms with Crippen molar-refractivity contribution in [3.63, 3.8) is 0 Å². The zero-order chi connectivity index (χ0) is 26.2. The van der Waals surface area contributed by atoms with Crippen LogP contribution in [0.1, 0.15) is 37.4 Å². The highest BCUT2D eigenvalue weighted by Gasteiger charge is 2.55. The summed E-state index contributed by atoms with van der Waals surface area (Å²) < 4.78 is 40.9. The summed E-state index contributed by atoms with van der Waals surface area (Å²) in [5.74, 6) is -7.51. The Morgan fingerprint density at radius 3 is 1.97 bits per heavy atom. The summed E-state index contributed by atoms with van der Waals surface area (Å²) in [4.78, 5) is 31.3. The van der Waals surface area contributed by atoms with Gasteiger partial charge in [0.1, 0.15) is 11.5 Å². The fraction of sp³-hybridized carbons (Fsp3) is 0.0400. The Hall–Kier alpha value is -5.26. The molecule has 0 saturated heterocycles.